The molecule has 3 aromatic heterocycles. The second kappa shape index (κ2) is 6.00. The molecule has 0 aromatic carbocycles. The number of rotatable bonds is 5. The monoisotopic (exact) mass is 353 g/mol. The molecule has 0 atom stereocenters. The Kier molecular flexibility index (Phi) is 4.12. The molecule has 0 amide bonds. The van der Waals surface area contributed by atoms with Crippen molar-refractivity contribution in [2.24, 2.45) is 0 Å². The molecule has 6 heteroatoms. The highest BCUT2D eigenvalue weighted by molar-refractivity contribution is 9.11. The Labute approximate surface area is 127 Å². The van der Waals surface area contributed by atoms with Crippen LogP contribution in [0.4, 0.5) is 0 Å². The molecule has 3 heterocycles. The van der Waals surface area contributed by atoms with Gasteiger partial charge in [0.15, 0.2) is 0 Å². The van der Waals surface area contributed by atoms with E-state index in [-0.39, 0.29) is 0 Å². The molecule has 0 saturated heterocycles. The van der Waals surface area contributed by atoms with Gasteiger partial charge in [0.2, 0.25) is 0 Å². The normalized spacial score (nSPS) is 11.0. The summed E-state index contributed by atoms with van der Waals surface area (Å²) in [6.45, 7) is 1.70. The van der Waals surface area contributed by atoms with Gasteiger partial charge in [-0.25, -0.2) is 0 Å². The first kappa shape index (κ1) is 13.1. The van der Waals surface area contributed by atoms with Crippen molar-refractivity contribution in [2.45, 2.75) is 13.1 Å². The van der Waals surface area contributed by atoms with Crippen LogP contribution in [0, 0.1) is 0 Å². The van der Waals surface area contributed by atoms with Gasteiger partial charge in [0.25, 0.3) is 0 Å². The van der Waals surface area contributed by atoms with Crippen molar-refractivity contribution in [3.8, 4) is 10.6 Å². The summed E-state index contributed by atoms with van der Waals surface area (Å²) < 4.78 is 1.17. The van der Waals surface area contributed by atoms with Crippen LogP contribution in [0.15, 0.2) is 39.6 Å². The predicted octanol–water partition coefficient (Wildman–Crippen LogP) is 4.25. The molecule has 0 aliphatic rings. The van der Waals surface area contributed by atoms with Gasteiger partial charge in [0.05, 0.1) is 20.6 Å². The first-order chi connectivity index (χ1) is 9.33. The van der Waals surface area contributed by atoms with Gasteiger partial charge in [0, 0.05) is 23.5 Å². The maximum Gasteiger partial charge on any atom is 0.0794 e. The zero-order chi connectivity index (χ0) is 13.1. The van der Waals surface area contributed by atoms with E-state index in [2.05, 4.69) is 61.1 Å². The summed E-state index contributed by atoms with van der Waals surface area (Å²) in [6.07, 6.45) is 1.90. The number of aromatic nitrogens is 2. The summed E-state index contributed by atoms with van der Waals surface area (Å²) in [7, 11) is 0. The quantitative estimate of drug-likeness (QED) is 0.719. The molecule has 0 spiro atoms. The van der Waals surface area contributed by atoms with E-state index in [1.165, 1.54) is 19.1 Å². The van der Waals surface area contributed by atoms with Gasteiger partial charge < -0.3 is 5.32 Å². The van der Waals surface area contributed by atoms with Crippen molar-refractivity contribution in [1.82, 2.24) is 15.5 Å². The van der Waals surface area contributed by atoms with Crippen molar-refractivity contribution >= 4 is 38.6 Å². The maximum absolute atomic E-state index is 4.14. The largest absolute Gasteiger partial charge is 0.308 e. The zero-order valence-corrected chi connectivity index (χ0v) is 13.2. The van der Waals surface area contributed by atoms with E-state index in [1.807, 2.05) is 6.20 Å². The van der Waals surface area contributed by atoms with Crippen LogP contribution in [0.5, 0.6) is 0 Å². The Morgan fingerprint density at radius 1 is 1.26 bits per heavy atom. The molecule has 0 aliphatic heterocycles. The number of nitrogens with one attached hydrogen (secondary N) is 2. The summed E-state index contributed by atoms with van der Waals surface area (Å²) in [5, 5.41) is 12.8. The summed E-state index contributed by atoms with van der Waals surface area (Å²) in [5.41, 5.74) is 2.33. The van der Waals surface area contributed by atoms with Gasteiger partial charge in [-0.3, -0.25) is 5.10 Å². The Morgan fingerprint density at radius 2 is 2.21 bits per heavy atom. The van der Waals surface area contributed by atoms with Crippen LogP contribution in [0.25, 0.3) is 10.6 Å². The molecular formula is C13H12BrN3S2. The lowest BCUT2D eigenvalue weighted by atomic mass is 10.2. The number of H-pyrrole nitrogens is 1. The summed E-state index contributed by atoms with van der Waals surface area (Å²) >= 11 is 6.96. The van der Waals surface area contributed by atoms with Crippen LogP contribution in [0.1, 0.15) is 10.4 Å². The molecule has 0 fully saturated rings. The van der Waals surface area contributed by atoms with Crippen molar-refractivity contribution in [1.29, 1.82) is 0 Å². The number of halogens is 1. The average Bonchev–Trinajstić information content (AvgIpc) is 3.09. The maximum atomic E-state index is 4.14. The van der Waals surface area contributed by atoms with Crippen molar-refractivity contribution in [3.05, 3.63) is 50.1 Å². The number of aromatic amines is 1. The van der Waals surface area contributed by atoms with Crippen LogP contribution < -0.4 is 5.32 Å². The molecular weight excluding hydrogens is 342 g/mol. The number of nitrogens with zero attached hydrogens (tertiary/aromatic N) is 1. The Hall–Kier alpha value is -0.950. The molecule has 0 unspecified atom stereocenters. The molecule has 19 heavy (non-hydrogen) atoms. The molecule has 0 bridgehead atoms. The third-order valence-corrected chi connectivity index (χ3v) is 5.24. The predicted molar refractivity (Wildman–Crippen MR) is 84.5 cm³/mol. The van der Waals surface area contributed by atoms with Crippen LogP contribution in [-0.2, 0) is 13.1 Å². The third kappa shape index (κ3) is 3.14. The fourth-order valence-corrected chi connectivity index (χ4v) is 4.05. The van der Waals surface area contributed by atoms with E-state index in [0.717, 1.165) is 18.8 Å². The van der Waals surface area contributed by atoms with Crippen LogP contribution in [0.3, 0.4) is 0 Å². The SMILES string of the molecule is Brc1ccc(CNCc2cn[nH]c2-c2cccs2)s1. The minimum absolute atomic E-state index is 0.819. The molecule has 3 aromatic rings. The first-order valence-electron chi connectivity index (χ1n) is 5.84. The van der Waals surface area contributed by atoms with E-state index in [1.54, 1.807) is 22.7 Å². The highest BCUT2D eigenvalue weighted by Gasteiger charge is 2.08. The molecule has 0 aliphatic carbocycles. The summed E-state index contributed by atoms with van der Waals surface area (Å²) in [5.74, 6) is 0. The second-order valence-corrected chi connectivity index (χ2v) is 7.55. The van der Waals surface area contributed by atoms with E-state index in [4.69, 9.17) is 0 Å². The van der Waals surface area contributed by atoms with E-state index >= 15 is 0 Å². The summed E-state index contributed by atoms with van der Waals surface area (Å²) in [4.78, 5) is 2.56. The third-order valence-electron chi connectivity index (χ3n) is 2.73. The van der Waals surface area contributed by atoms with Crippen molar-refractivity contribution in [2.75, 3.05) is 0 Å². The van der Waals surface area contributed by atoms with Gasteiger partial charge in [0.1, 0.15) is 0 Å². The zero-order valence-electron chi connectivity index (χ0n) is 10.0. The van der Waals surface area contributed by atoms with Gasteiger partial charge in [-0.05, 0) is 39.5 Å². The van der Waals surface area contributed by atoms with Crippen molar-refractivity contribution < 1.29 is 0 Å². The lowest BCUT2D eigenvalue weighted by Crippen LogP contribution is -2.11. The Balaban J connectivity index is 1.63. The van der Waals surface area contributed by atoms with Gasteiger partial charge in [-0.1, -0.05) is 6.07 Å². The van der Waals surface area contributed by atoms with Crippen LogP contribution in [-0.4, -0.2) is 10.2 Å². The fraction of sp³-hybridized carbons (Fsp3) is 0.154. The Bertz CT molecular complexity index is 642. The van der Waals surface area contributed by atoms with Crippen molar-refractivity contribution in [3.63, 3.8) is 0 Å². The Morgan fingerprint density at radius 3 is 2.95 bits per heavy atom. The topological polar surface area (TPSA) is 40.7 Å². The van der Waals surface area contributed by atoms with E-state index < -0.39 is 0 Å². The number of hydrogen-bond acceptors (Lipinski definition) is 4. The van der Waals surface area contributed by atoms with E-state index in [9.17, 15) is 0 Å². The minimum atomic E-state index is 0.819. The van der Waals surface area contributed by atoms with E-state index in [0.29, 0.717) is 0 Å². The second-order valence-electron chi connectivity index (χ2n) is 4.06. The van der Waals surface area contributed by atoms with Gasteiger partial charge in [-0.15, -0.1) is 22.7 Å². The standard InChI is InChI=1S/C13H12BrN3S2/c14-12-4-3-10(19-12)8-15-6-9-7-16-17-13(9)11-2-1-5-18-11/h1-5,7,15H,6,8H2,(H,16,17). The molecule has 0 radical (unpaired) electrons. The minimum Gasteiger partial charge on any atom is -0.308 e. The number of hydrogen-bond donors (Lipinski definition) is 2. The molecule has 2 N–H and O–H groups in total. The first-order valence-corrected chi connectivity index (χ1v) is 8.33. The molecule has 0 saturated carbocycles. The lowest BCUT2D eigenvalue weighted by Gasteiger charge is -2.03. The molecule has 3 nitrogen and oxygen atoms in total. The number of thiophene rings is 2. The van der Waals surface area contributed by atoms with Gasteiger partial charge in [-0.2, -0.15) is 5.10 Å². The van der Waals surface area contributed by atoms with Gasteiger partial charge >= 0.3 is 0 Å². The fourth-order valence-electron chi connectivity index (χ4n) is 1.85. The smallest absolute Gasteiger partial charge is 0.0794 e. The lowest BCUT2D eigenvalue weighted by molar-refractivity contribution is 0.702. The average molecular weight is 354 g/mol. The highest BCUT2D eigenvalue weighted by atomic mass is 79.9. The summed E-state index contributed by atoms with van der Waals surface area (Å²) in [6, 6.07) is 8.38. The molecule has 3 rings (SSSR count). The molecule has 98 valence electrons. The van der Waals surface area contributed by atoms with Crippen LogP contribution >= 0.6 is 38.6 Å². The van der Waals surface area contributed by atoms with Crippen LogP contribution in [0.2, 0.25) is 0 Å². The highest BCUT2D eigenvalue weighted by Crippen LogP contribution is 2.26.